The summed E-state index contributed by atoms with van der Waals surface area (Å²) in [5.41, 5.74) is 2.38. The molecule has 1 aromatic heterocycles. The number of carbonyl (C=O) groups is 1. The highest BCUT2D eigenvalue weighted by Crippen LogP contribution is 2.17. The summed E-state index contributed by atoms with van der Waals surface area (Å²) in [4.78, 5) is 22.6. The average molecular weight is 351 g/mol. The maximum absolute atomic E-state index is 13.0. The molecule has 0 aliphatic heterocycles. The van der Waals surface area contributed by atoms with E-state index in [1.54, 1.807) is 41.9 Å². The second kappa shape index (κ2) is 7.10. The number of nitrogens with zero attached hydrogens (tertiary/aromatic N) is 3. The van der Waals surface area contributed by atoms with E-state index in [0.29, 0.717) is 22.5 Å². The van der Waals surface area contributed by atoms with Crippen LogP contribution in [0.2, 0.25) is 0 Å². The van der Waals surface area contributed by atoms with Gasteiger partial charge < -0.3 is 0 Å². The number of carbonyl (C=O) groups excluding carboxylic acids is 1. The van der Waals surface area contributed by atoms with Crippen LogP contribution in [0, 0.1) is 22.9 Å². The number of aromatic nitrogens is 2. The average Bonchev–Trinajstić information content (AvgIpc) is 3.02. The van der Waals surface area contributed by atoms with Gasteiger partial charge in [-0.1, -0.05) is 6.08 Å². The van der Waals surface area contributed by atoms with E-state index in [2.05, 4.69) is 5.10 Å². The lowest BCUT2D eigenvalue weighted by atomic mass is 10.1. The van der Waals surface area contributed by atoms with Crippen LogP contribution in [-0.2, 0) is 0 Å². The Labute approximate surface area is 148 Å². The van der Waals surface area contributed by atoms with E-state index in [4.69, 9.17) is 0 Å². The van der Waals surface area contributed by atoms with E-state index in [1.807, 2.05) is 0 Å². The first-order chi connectivity index (χ1) is 12.5. The molecule has 0 N–H and O–H groups in total. The van der Waals surface area contributed by atoms with Crippen LogP contribution in [0.3, 0.4) is 0 Å². The first-order valence-electron chi connectivity index (χ1n) is 7.73. The molecule has 0 fully saturated rings. The molecule has 3 rings (SSSR count). The fourth-order valence-electron chi connectivity index (χ4n) is 2.46. The first-order valence-corrected chi connectivity index (χ1v) is 7.73. The Kier molecular flexibility index (Phi) is 4.70. The van der Waals surface area contributed by atoms with Crippen molar-refractivity contribution in [2.75, 3.05) is 0 Å². The Morgan fingerprint density at radius 1 is 1.15 bits per heavy atom. The van der Waals surface area contributed by atoms with E-state index < -0.39 is 4.92 Å². The third-order valence-corrected chi connectivity index (χ3v) is 3.88. The van der Waals surface area contributed by atoms with Crippen LogP contribution in [0.1, 0.15) is 21.6 Å². The van der Waals surface area contributed by atoms with Gasteiger partial charge in [-0.15, -0.1) is 0 Å². The number of hydrogen-bond acceptors (Lipinski definition) is 4. The van der Waals surface area contributed by atoms with Crippen molar-refractivity contribution in [1.29, 1.82) is 0 Å². The SMILES string of the molecule is Cc1c(C(=O)C=Cc2ccc([N+](=O)[O-])cc2)cnn1-c1ccc(F)cc1. The summed E-state index contributed by atoms with van der Waals surface area (Å²) in [7, 11) is 0. The molecule has 26 heavy (non-hydrogen) atoms. The van der Waals surface area contributed by atoms with Crippen LogP contribution in [0.5, 0.6) is 0 Å². The highest BCUT2D eigenvalue weighted by atomic mass is 19.1. The molecule has 6 nitrogen and oxygen atoms in total. The molecule has 0 atom stereocenters. The number of halogens is 1. The second-order valence-electron chi connectivity index (χ2n) is 5.58. The Bertz CT molecular complexity index is 990. The van der Waals surface area contributed by atoms with Gasteiger partial charge in [0, 0.05) is 12.1 Å². The highest BCUT2D eigenvalue weighted by Gasteiger charge is 2.13. The molecule has 130 valence electrons. The molecule has 0 spiro atoms. The van der Waals surface area contributed by atoms with E-state index in [9.17, 15) is 19.3 Å². The van der Waals surface area contributed by atoms with Crippen molar-refractivity contribution in [3.05, 3.63) is 93.6 Å². The molecule has 0 amide bonds. The molecule has 0 unspecified atom stereocenters. The van der Waals surface area contributed by atoms with Crippen LogP contribution in [0.25, 0.3) is 11.8 Å². The van der Waals surface area contributed by atoms with E-state index in [0.717, 1.165) is 0 Å². The number of allylic oxidation sites excluding steroid dienone is 1. The monoisotopic (exact) mass is 351 g/mol. The minimum atomic E-state index is -0.480. The van der Waals surface area contributed by atoms with Gasteiger partial charge in [0.15, 0.2) is 5.78 Å². The van der Waals surface area contributed by atoms with E-state index >= 15 is 0 Å². The molecule has 0 radical (unpaired) electrons. The van der Waals surface area contributed by atoms with Crippen molar-refractivity contribution in [2.24, 2.45) is 0 Å². The van der Waals surface area contributed by atoms with Crippen molar-refractivity contribution in [3.63, 3.8) is 0 Å². The summed E-state index contributed by atoms with van der Waals surface area (Å²) in [5.74, 6) is -0.588. The predicted molar refractivity (Wildman–Crippen MR) is 94.7 cm³/mol. The summed E-state index contributed by atoms with van der Waals surface area (Å²) in [6, 6.07) is 11.7. The fourth-order valence-corrected chi connectivity index (χ4v) is 2.46. The quantitative estimate of drug-likeness (QED) is 0.300. The fraction of sp³-hybridized carbons (Fsp3) is 0.0526. The minimum absolute atomic E-state index is 0.00936. The maximum Gasteiger partial charge on any atom is 0.269 e. The molecule has 2 aromatic carbocycles. The second-order valence-corrected chi connectivity index (χ2v) is 5.58. The maximum atomic E-state index is 13.0. The standard InChI is InChI=1S/C19H14FN3O3/c1-13-18(12-21-22(13)16-9-5-15(20)6-10-16)19(24)11-4-14-2-7-17(8-3-14)23(25)26/h2-12H,1H3. The first kappa shape index (κ1) is 17.2. The third-order valence-electron chi connectivity index (χ3n) is 3.88. The van der Waals surface area contributed by atoms with Crippen LogP contribution in [0.4, 0.5) is 10.1 Å². The molecule has 0 aliphatic rings. The van der Waals surface area contributed by atoms with E-state index in [-0.39, 0.29) is 17.3 Å². The van der Waals surface area contributed by atoms with E-state index in [1.165, 1.54) is 36.5 Å². The number of nitro groups is 1. The Balaban J connectivity index is 1.80. The lowest BCUT2D eigenvalue weighted by Crippen LogP contribution is -2.01. The Morgan fingerprint density at radius 2 is 1.81 bits per heavy atom. The molecule has 1 heterocycles. The molecule has 3 aromatic rings. The predicted octanol–water partition coefficient (Wildman–Crippen LogP) is 4.12. The number of rotatable bonds is 5. The number of benzene rings is 2. The van der Waals surface area contributed by atoms with Gasteiger partial charge in [0.2, 0.25) is 0 Å². The molecule has 7 heteroatoms. The Morgan fingerprint density at radius 3 is 2.42 bits per heavy atom. The molecule has 0 bridgehead atoms. The lowest BCUT2D eigenvalue weighted by Gasteiger charge is -2.04. The van der Waals surface area contributed by atoms with Crippen LogP contribution < -0.4 is 0 Å². The minimum Gasteiger partial charge on any atom is -0.289 e. The van der Waals surface area contributed by atoms with Gasteiger partial charge in [0.1, 0.15) is 5.82 Å². The molecule has 0 saturated carbocycles. The summed E-state index contributed by atoms with van der Waals surface area (Å²) < 4.78 is 14.6. The molecule has 0 aliphatic carbocycles. The van der Waals surface area contributed by atoms with Gasteiger partial charge in [0.25, 0.3) is 5.69 Å². The van der Waals surface area contributed by atoms with Crippen molar-refractivity contribution in [2.45, 2.75) is 6.92 Å². The zero-order valence-electron chi connectivity index (χ0n) is 13.8. The number of hydrogen-bond donors (Lipinski definition) is 0. The Hall–Kier alpha value is -3.61. The van der Waals surface area contributed by atoms with Gasteiger partial charge >= 0.3 is 0 Å². The zero-order valence-corrected chi connectivity index (χ0v) is 13.8. The topological polar surface area (TPSA) is 78.0 Å². The summed E-state index contributed by atoms with van der Waals surface area (Å²) >= 11 is 0. The van der Waals surface area contributed by atoms with Crippen molar-refractivity contribution < 1.29 is 14.1 Å². The van der Waals surface area contributed by atoms with Gasteiger partial charge in [-0.2, -0.15) is 5.10 Å². The lowest BCUT2D eigenvalue weighted by molar-refractivity contribution is -0.384. The van der Waals surface area contributed by atoms with Crippen LogP contribution >= 0.6 is 0 Å². The molecule has 0 saturated heterocycles. The zero-order chi connectivity index (χ0) is 18.7. The van der Waals surface area contributed by atoms with Gasteiger partial charge in [-0.25, -0.2) is 9.07 Å². The van der Waals surface area contributed by atoms with Gasteiger partial charge in [-0.3, -0.25) is 14.9 Å². The normalized spacial score (nSPS) is 11.0. The summed E-state index contributed by atoms with van der Waals surface area (Å²) in [6.45, 7) is 1.75. The largest absolute Gasteiger partial charge is 0.289 e. The third kappa shape index (κ3) is 3.56. The number of ketones is 1. The van der Waals surface area contributed by atoms with Crippen molar-refractivity contribution in [3.8, 4) is 5.69 Å². The number of nitro benzene ring substituents is 1. The summed E-state index contributed by atoms with van der Waals surface area (Å²) in [5, 5.41) is 14.8. The van der Waals surface area contributed by atoms with Gasteiger partial charge in [-0.05, 0) is 55.0 Å². The molecular formula is C19H14FN3O3. The van der Waals surface area contributed by atoms with Gasteiger partial charge in [0.05, 0.1) is 28.1 Å². The summed E-state index contributed by atoms with van der Waals surface area (Å²) in [6.07, 6.45) is 4.43. The number of non-ortho nitro benzene ring substituents is 1. The smallest absolute Gasteiger partial charge is 0.269 e. The van der Waals surface area contributed by atoms with Crippen molar-refractivity contribution >= 4 is 17.5 Å². The van der Waals surface area contributed by atoms with Crippen LogP contribution in [-0.4, -0.2) is 20.5 Å². The van der Waals surface area contributed by atoms with Crippen LogP contribution in [0.15, 0.2) is 60.8 Å². The van der Waals surface area contributed by atoms with Crippen molar-refractivity contribution in [1.82, 2.24) is 9.78 Å². The highest BCUT2D eigenvalue weighted by molar-refractivity contribution is 6.07. The molecular weight excluding hydrogens is 337 g/mol.